The smallest absolute Gasteiger partial charge is 0.174 e. The summed E-state index contributed by atoms with van der Waals surface area (Å²) in [4.78, 5) is 0. The molecule has 1 heterocycles. The lowest BCUT2D eigenvalue weighted by atomic mass is 10.2. The van der Waals surface area contributed by atoms with Crippen molar-refractivity contribution in [3.8, 4) is 0 Å². The number of nitrogens with two attached hydrogens (primary N) is 1. The van der Waals surface area contributed by atoms with E-state index in [1.54, 1.807) is 6.07 Å². The molecule has 0 amide bonds. The fourth-order valence-electron chi connectivity index (χ4n) is 1.52. The number of hydrogen-bond donors (Lipinski definition) is 2. The van der Waals surface area contributed by atoms with Crippen molar-refractivity contribution < 1.29 is 0 Å². The Morgan fingerprint density at radius 3 is 2.80 bits per heavy atom. The molecule has 0 aliphatic heterocycles. The summed E-state index contributed by atoms with van der Waals surface area (Å²) < 4.78 is 0. The van der Waals surface area contributed by atoms with Gasteiger partial charge in [-0.15, -0.1) is 10.2 Å². The molecule has 4 nitrogen and oxygen atoms in total. The van der Waals surface area contributed by atoms with Gasteiger partial charge < -0.3 is 11.1 Å². The molecular formula is C9H12Cl2N4. The second-order valence-corrected chi connectivity index (χ2v) is 4.44. The number of hydrogen-bond acceptors (Lipinski definition) is 4. The van der Waals surface area contributed by atoms with Crippen LogP contribution in [0.1, 0.15) is 12.8 Å². The minimum atomic E-state index is 0.253. The van der Waals surface area contributed by atoms with Gasteiger partial charge in [0.05, 0.1) is 5.69 Å². The summed E-state index contributed by atoms with van der Waals surface area (Å²) >= 11 is 11.6. The van der Waals surface area contributed by atoms with E-state index < -0.39 is 0 Å². The molecule has 6 heteroatoms. The highest BCUT2D eigenvalue weighted by Crippen LogP contribution is 2.34. The van der Waals surface area contributed by atoms with Crippen molar-refractivity contribution in [1.82, 2.24) is 10.2 Å². The standard InChI is InChI=1S/C9H12Cl2N4/c10-8-3-6(9(11)15-14-8)13-7(4-12)5-1-2-5/h3,5,7H,1-2,4,12H2,(H,13,14). The fraction of sp³-hybridized carbons (Fsp3) is 0.556. The summed E-state index contributed by atoms with van der Waals surface area (Å²) in [6.07, 6.45) is 2.44. The predicted octanol–water partition coefficient (Wildman–Crippen LogP) is 1.93. The zero-order chi connectivity index (χ0) is 10.8. The minimum Gasteiger partial charge on any atom is -0.378 e. The van der Waals surface area contributed by atoms with Gasteiger partial charge in [-0.05, 0) is 18.8 Å². The van der Waals surface area contributed by atoms with Crippen LogP contribution < -0.4 is 11.1 Å². The molecule has 1 aromatic heterocycles. The number of anilines is 1. The second kappa shape index (κ2) is 4.51. The summed E-state index contributed by atoms with van der Waals surface area (Å²) in [5, 5.41) is 11.3. The quantitative estimate of drug-likeness (QED) is 0.853. The molecular weight excluding hydrogens is 235 g/mol. The second-order valence-electron chi connectivity index (χ2n) is 3.70. The highest BCUT2D eigenvalue weighted by Gasteiger charge is 2.30. The van der Waals surface area contributed by atoms with E-state index in [0.29, 0.717) is 28.5 Å². The molecule has 1 fully saturated rings. The zero-order valence-electron chi connectivity index (χ0n) is 8.08. The van der Waals surface area contributed by atoms with Crippen LogP contribution in [0.2, 0.25) is 10.3 Å². The first-order valence-electron chi connectivity index (χ1n) is 4.86. The highest BCUT2D eigenvalue weighted by atomic mass is 35.5. The average molecular weight is 247 g/mol. The van der Waals surface area contributed by atoms with Crippen molar-refractivity contribution in [2.24, 2.45) is 11.7 Å². The van der Waals surface area contributed by atoms with Crippen molar-refractivity contribution in [1.29, 1.82) is 0 Å². The molecule has 0 saturated heterocycles. The molecule has 1 unspecified atom stereocenters. The molecule has 1 aromatic rings. The molecule has 3 N–H and O–H groups in total. The Labute approximate surface area is 98.2 Å². The lowest BCUT2D eigenvalue weighted by Crippen LogP contribution is -2.31. The molecule has 1 saturated carbocycles. The van der Waals surface area contributed by atoms with Gasteiger partial charge in [0, 0.05) is 18.7 Å². The van der Waals surface area contributed by atoms with E-state index in [9.17, 15) is 0 Å². The number of rotatable bonds is 4. The van der Waals surface area contributed by atoms with E-state index >= 15 is 0 Å². The molecule has 82 valence electrons. The molecule has 0 aromatic carbocycles. The lowest BCUT2D eigenvalue weighted by Gasteiger charge is -2.17. The van der Waals surface area contributed by atoms with Gasteiger partial charge in [-0.25, -0.2) is 0 Å². The van der Waals surface area contributed by atoms with Crippen molar-refractivity contribution in [3.05, 3.63) is 16.4 Å². The third kappa shape index (κ3) is 2.71. The van der Waals surface area contributed by atoms with Crippen LogP contribution >= 0.6 is 23.2 Å². The van der Waals surface area contributed by atoms with Crippen LogP contribution in [-0.4, -0.2) is 22.8 Å². The van der Waals surface area contributed by atoms with Gasteiger partial charge in [-0.2, -0.15) is 0 Å². The van der Waals surface area contributed by atoms with Gasteiger partial charge in [0.2, 0.25) is 0 Å². The van der Waals surface area contributed by atoms with E-state index in [2.05, 4.69) is 15.5 Å². The highest BCUT2D eigenvalue weighted by molar-refractivity contribution is 6.33. The van der Waals surface area contributed by atoms with Crippen LogP contribution in [0, 0.1) is 5.92 Å². The normalized spacial score (nSPS) is 17.5. The molecule has 0 spiro atoms. The molecule has 1 atom stereocenters. The SMILES string of the molecule is NCC(Nc1cc(Cl)nnc1Cl)C1CC1. The average Bonchev–Trinajstić information content (AvgIpc) is 3.03. The number of nitrogens with one attached hydrogen (secondary N) is 1. The minimum absolute atomic E-state index is 0.253. The third-order valence-electron chi connectivity index (χ3n) is 2.50. The van der Waals surface area contributed by atoms with E-state index in [-0.39, 0.29) is 6.04 Å². The molecule has 1 aliphatic carbocycles. The molecule has 0 radical (unpaired) electrons. The number of aromatic nitrogens is 2. The van der Waals surface area contributed by atoms with E-state index in [1.165, 1.54) is 12.8 Å². The maximum Gasteiger partial charge on any atom is 0.174 e. The Bertz CT molecular complexity index is 354. The summed E-state index contributed by atoms with van der Waals surface area (Å²) in [5.41, 5.74) is 6.38. The van der Waals surface area contributed by atoms with Gasteiger partial charge in [0.25, 0.3) is 0 Å². The first-order chi connectivity index (χ1) is 7.20. The first-order valence-corrected chi connectivity index (χ1v) is 5.61. The van der Waals surface area contributed by atoms with Crippen LogP contribution in [0.3, 0.4) is 0 Å². The lowest BCUT2D eigenvalue weighted by molar-refractivity contribution is 0.644. The van der Waals surface area contributed by atoms with Crippen LogP contribution in [-0.2, 0) is 0 Å². The Kier molecular flexibility index (Phi) is 3.29. The van der Waals surface area contributed by atoms with E-state index in [0.717, 1.165) is 0 Å². The summed E-state index contributed by atoms with van der Waals surface area (Å²) in [6, 6.07) is 1.92. The monoisotopic (exact) mass is 246 g/mol. The van der Waals surface area contributed by atoms with Gasteiger partial charge in [0.15, 0.2) is 10.3 Å². The maximum atomic E-state index is 5.89. The zero-order valence-corrected chi connectivity index (χ0v) is 9.59. The number of nitrogens with zero attached hydrogens (tertiary/aromatic N) is 2. The van der Waals surface area contributed by atoms with Crippen molar-refractivity contribution in [2.75, 3.05) is 11.9 Å². The van der Waals surface area contributed by atoms with Crippen LogP contribution in [0.15, 0.2) is 6.07 Å². The summed E-state index contributed by atoms with van der Waals surface area (Å²) in [6.45, 7) is 0.584. The molecule has 1 aliphatic rings. The molecule has 0 bridgehead atoms. The number of halogens is 2. The first kappa shape index (κ1) is 10.9. The fourth-order valence-corrected chi connectivity index (χ4v) is 1.82. The maximum absolute atomic E-state index is 5.89. The third-order valence-corrected chi connectivity index (χ3v) is 2.97. The topological polar surface area (TPSA) is 63.8 Å². The summed E-state index contributed by atoms with van der Waals surface area (Å²) in [5.74, 6) is 0.651. The van der Waals surface area contributed by atoms with Gasteiger partial charge in [-0.1, -0.05) is 23.2 Å². The largest absolute Gasteiger partial charge is 0.378 e. The van der Waals surface area contributed by atoms with Crippen LogP contribution in [0.5, 0.6) is 0 Å². The van der Waals surface area contributed by atoms with Crippen molar-refractivity contribution >= 4 is 28.9 Å². The van der Waals surface area contributed by atoms with Gasteiger partial charge in [0.1, 0.15) is 0 Å². The predicted molar refractivity (Wildman–Crippen MR) is 61.2 cm³/mol. The van der Waals surface area contributed by atoms with E-state index in [4.69, 9.17) is 28.9 Å². The van der Waals surface area contributed by atoms with E-state index in [1.807, 2.05) is 0 Å². The van der Waals surface area contributed by atoms with Crippen LogP contribution in [0.4, 0.5) is 5.69 Å². The van der Waals surface area contributed by atoms with Crippen molar-refractivity contribution in [2.45, 2.75) is 18.9 Å². The van der Waals surface area contributed by atoms with Crippen molar-refractivity contribution in [3.63, 3.8) is 0 Å². The Morgan fingerprint density at radius 2 is 2.20 bits per heavy atom. The Hall–Kier alpha value is -0.580. The van der Waals surface area contributed by atoms with Gasteiger partial charge in [-0.3, -0.25) is 0 Å². The van der Waals surface area contributed by atoms with Gasteiger partial charge >= 0.3 is 0 Å². The molecule has 2 rings (SSSR count). The molecule has 15 heavy (non-hydrogen) atoms. The summed E-state index contributed by atoms with van der Waals surface area (Å²) in [7, 11) is 0. The Morgan fingerprint density at radius 1 is 1.47 bits per heavy atom. The van der Waals surface area contributed by atoms with Crippen LogP contribution in [0.25, 0.3) is 0 Å². The Balaban J connectivity index is 2.11.